The van der Waals surface area contributed by atoms with E-state index in [-0.39, 0.29) is 16.8 Å². The zero-order valence-electron chi connectivity index (χ0n) is 18.6. The molecule has 1 amide bonds. The lowest BCUT2D eigenvalue weighted by atomic mass is 10.1. The first-order valence-corrected chi connectivity index (χ1v) is 12.6. The largest absolute Gasteiger partial charge is 0.348 e. The molecule has 1 N–H and O–H groups in total. The van der Waals surface area contributed by atoms with Crippen LogP contribution in [0, 0.1) is 0 Å². The summed E-state index contributed by atoms with van der Waals surface area (Å²) in [4.78, 5) is 17.6. The van der Waals surface area contributed by atoms with E-state index in [1.54, 1.807) is 36.7 Å². The number of aromatic nitrogens is 2. The van der Waals surface area contributed by atoms with Crippen molar-refractivity contribution in [3.05, 3.63) is 60.0 Å². The van der Waals surface area contributed by atoms with Gasteiger partial charge in [0.15, 0.2) is 0 Å². The first kappa shape index (κ1) is 22.5. The van der Waals surface area contributed by atoms with Crippen LogP contribution in [0.25, 0.3) is 10.9 Å². The molecule has 1 saturated carbocycles. The normalized spacial score (nSPS) is 15.7. The molecule has 1 aliphatic carbocycles. The second-order valence-electron chi connectivity index (χ2n) is 8.64. The van der Waals surface area contributed by atoms with Crippen LogP contribution in [0.1, 0.15) is 54.6 Å². The number of nitrogens with one attached hydrogen (secondary N) is 1. The highest BCUT2D eigenvalue weighted by Crippen LogP contribution is 2.26. The van der Waals surface area contributed by atoms with E-state index in [2.05, 4.69) is 10.3 Å². The zero-order chi connectivity index (χ0) is 22.7. The maximum absolute atomic E-state index is 13.3. The Bertz CT molecular complexity index is 1190. The van der Waals surface area contributed by atoms with Crippen LogP contribution in [0.4, 0.5) is 0 Å². The van der Waals surface area contributed by atoms with Gasteiger partial charge in [0.2, 0.25) is 10.0 Å². The van der Waals surface area contributed by atoms with E-state index < -0.39 is 10.0 Å². The maximum atomic E-state index is 13.3. The molecule has 0 saturated heterocycles. The minimum atomic E-state index is -3.56. The van der Waals surface area contributed by atoms with E-state index in [1.165, 1.54) is 31.2 Å². The van der Waals surface area contributed by atoms with Crippen LogP contribution >= 0.6 is 0 Å². The number of benzene rings is 1. The molecule has 2 heterocycles. The number of carbonyl (C=O) groups is 1. The minimum Gasteiger partial charge on any atom is -0.348 e. The van der Waals surface area contributed by atoms with Crippen LogP contribution in [-0.2, 0) is 16.6 Å². The van der Waals surface area contributed by atoms with Crippen LogP contribution in [-0.4, -0.2) is 48.3 Å². The number of sulfonamides is 1. The Kier molecular flexibility index (Phi) is 6.62. The van der Waals surface area contributed by atoms with Crippen molar-refractivity contribution in [2.75, 3.05) is 14.1 Å². The highest BCUT2D eigenvalue weighted by Gasteiger charge is 2.23. The van der Waals surface area contributed by atoms with E-state index in [0.717, 1.165) is 42.1 Å². The molecule has 1 fully saturated rings. The molecule has 32 heavy (non-hydrogen) atoms. The summed E-state index contributed by atoms with van der Waals surface area (Å²) in [5.74, 6) is -0.112. The highest BCUT2D eigenvalue weighted by molar-refractivity contribution is 7.89. The molecule has 4 rings (SSSR count). The Labute approximate surface area is 189 Å². The monoisotopic (exact) mass is 454 g/mol. The molecule has 0 aliphatic heterocycles. The number of fused-ring (bicyclic) bond motifs is 1. The Morgan fingerprint density at radius 1 is 1.06 bits per heavy atom. The lowest BCUT2D eigenvalue weighted by molar-refractivity contribution is 0.0925. The first-order chi connectivity index (χ1) is 15.4. The van der Waals surface area contributed by atoms with Gasteiger partial charge in [0, 0.05) is 50.0 Å². The van der Waals surface area contributed by atoms with Gasteiger partial charge in [-0.3, -0.25) is 9.78 Å². The zero-order valence-corrected chi connectivity index (χ0v) is 19.4. The standard InChI is InChI=1S/C24H30N4O3S/c1-27(2)32(30,31)21-9-10-22-19(15-21)16-23(28(22)17-18-11-13-25-14-12-18)24(29)26-20-7-5-3-4-6-8-20/h9-16,20H,3-8,17H2,1-2H3,(H,26,29). The number of hydrogen-bond donors (Lipinski definition) is 1. The molecule has 0 unspecified atom stereocenters. The van der Waals surface area contributed by atoms with E-state index >= 15 is 0 Å². The Balaban J connectivity index is 1.74. The molecule has 8 heteroatoms. The number of nitrogens with zero attached hydrogens (tertiary/aromatic N) is 3. The van der Waals surface area contributed by atoms with Crippen LogP contribution < -0.4 is 5.32 Å². The average molecular weight is 455 g/mol. The highest BCUT2D eigenvalue weighted by atomic mass is 32.2. The van der Waals surface area contributed by atoms with Crippen LogP contribution in [0.5, 0.6) is 0 Å². The molecule has 1 aliphatic rings. The number of amides is 1. The van der Waals surface area contributed by atoms with Gasteiger partial charge in [0.1, 0.15) is 5.69 Å². The van der Waals surface area contributed by atoms with Gasteiger partial charge in [-0.25, -0.2) is 12.7 Å². The third-order valence-corrected chi connectivity index (χ3v) is 7.98. The molecular weight excluding hydrogens is 424 g/mol. The fourth-order valence-corrected chi connectivity index (χ4v) is 5.27. The van der Waals surface area contributed by atoms with E-state index in [4.69, 9.17) is 0 Å². The van der Waals surface area contributed by atoms with Crippen LogP contribution in [0.15, 0.2) is 53.7 Å². The summed E-state index contributed by atoms with van der Waals surface area (Å²) in [6, 6.07) is 10.9. The summed E-state index contributed by atoms with van der Waals surface area (Å²) in [7, 11) is -0.535. The summed E-state index contributed by atoms with van der Waals surface area (Å²) < 4.78 is 28.4. The molecule has 2 aromatic heterocycles. The molecule has 0 bridgehead atoms. The van der Waals surface area contributed by atoms with Gasteiger partial charge in [-0.2, -0.15) is 0 Å². The van der Waals surface area contributed by atoms with Gasteiger partial charge in [-0.05, 0) is 54.8 Å². The summed E-state index contributed by atoms with van der Waals surface area (Å²) in [5.41, 5.74) is 2.39. The summed E-state index contributed by atoms with van der Waals surface area (Å²) >= 11 is 0. The molecule has 0 spiro atoms. The fraction of sp³-hybridized carbons (Fsp3) is 0.417. The topological polar surface area (TPSA) is 84.3 Å². The quantitative estimate of drug-likeness (QED) is 0.575. The van der Waals surface area contributed by atoms with Crippen molar-refractivity contribution in [2.24, 2.45) is 0 Å². The Morgan fingerprint density at radius 2 is 1.75 bits per heavy atom. The van der Waals surface area contributed by atoms with Crippen molar-refractivity contribution < 1.29 is 13.2 Å². The fourth-order valence-electron chi connectivity index (χ4n) is 4.33. The maximum Gasteiger partial charge on any atom is 0.268 e. The van der Waals surface area contributed by atoms with Crippen molar-refractivity contribution >= 4 is 26.8 Å². The van der Waals surface area contributed by atoms with Gasteiger partial charge in [-0.15, -0.1) is 0 Å². The Hall–Kier alpha value is -2.71. The van der Waals surface area contributed by atoms with Gasteiger partial charge < -0.3 is 9.88 Å². The lowest BCUT2D eigenvalue weighted by Gasteiger charge is -2.17. The van der Waals surface area contributed by atoms with Crippen molar-refractivity contribution in [1.82, 2.24) is 19.2 Å². The smallest absolute Gasteiger partial charge is 0.268 e. The number of carbonyl (C=O) groups excluding carboxylic acids is 1. The van der Waals surface area contributed by atoms with Crippen molar-refractivity contribution in [1.29, 1.82) is 0 Å². The lowest BCUT2D eigenvalue weighted by Crippen LogP contribution is -2.35. The SMILES string of the molecule is CN(C)S(=O)(=O)c1ccc2c(c1)cc(C(=O)NC1CCCCCC1)n2Cc1ccncc1. The van der Waals surface area contributed by atoms with Gasteiger partial charge in [0.25, 0.3) is 5.91 Å². The molecule has 7 nitrogen and oxygen atoms in total. The summed E-state index contributed by atoms with van der Waals surface area (Å²) in [6.07, 6.45) is 10.2. The third-order valence-electron chi connectivity index (χ3n) is 6.16. The van der Waals surface area contributed by atoms with Crippen molar-refractivity contribution in [3.63, 3.8) is 0 Å². The predicted octanol–water partition coefficient (Wildman–Crippen LogP) is 3.79. The van der Waals surface area contributed by atoms with Gasteiger partial charge in [-0.1, -0.05) is 25.7 Å². The first-order valence-electron chi connectivity index (χ1n) is 11.1. The van der Waals surface area contributed by atoms with E-state index in [1.807, 2.05) is 16.7 Å². The van der Waals surface area contributed by atoms with E-state index in [0.29, 0.717) is 12.2 Å². The molecule has 170 valence electrons. The van der Waals surface area contributed by atoms with Crippen LogP contribution in [0.2, 0.25) is 0 Å². The molecule has 0 radical (unpaired) electrons. The molecular formula is C24H30N4O3S. The number of rotatable bonds is 6. The summed E-state index contributed by atoms with van der Waals surface area (Å²) in [5, 5.41) is 3.96. The second-order valence-corrected chi connectivity index (χ2v) is 10.8. The predicted molar refractivity (Wildman–Crippen MR) is 125 cm³/mol. The van der Waals surface area contributed by atoms with Gasteiger partial charge in [0.05, 0.1) is 4.90 Å². The van der Waals surface area contributed by atoms with Crippen molar-refractivity contribution in [3.8, 4) is 0 Å². The third kappa shape index (κ3) is 4.71. The molecule has 3 aromatic rings. The average Bonchev–Trinajstić information content (AvgIpc) is 2.94. The van der Waals surface area contributed by atoms with Crippen molar-refractivity contribution in [2.45, 2.75) is 56.0 Å². The van der Waals surface area contributed by atoms with E-state index in [9.17, 15) is 13.2 Å². The van der Waals surface area contributed by atoms with Gasteiger partial charge >= 0.3 is 0 Å². The minimum absolute atomic E-state index is 0.112. The Morgan fingerprint density at radius 3 is 2.41 bits per heavy atom. The molecule has 0 atom stereocenters. The second kappa shape index (κ2) is 9.42. The summed E-state index contributed by atoms with van der Waals surface area (Å²) in [6.45, 7) is 0.499. The number of hydrogen-bond acceptors (Lipinski definition) is 4. The van der Waals surface area contributed by atoms with Crippen LogP contribution in [0.3, 0.4) is 0 Å². The molecule has 1 aromatic carbocycles. The number of pyridine rings is 1.